The maximum atomic E-state index is 2.41. The molecule has 0 bridgehead atoms. The third-order valence-electron chi connectivity index (χ3n) is 4.00. The summed E-state index contributed by atoms with van der Waals surface area (Å²) in [6.07, 6.45) is 2.32. The summed E-state index contributed by atoms with van der Waals surface area (Å²) in [5.41, 5.74) is 7.33. The zero-order valence-electron chi connectivity index (χ0n) is 10.5. The Balaban J connectivity index is 2.07. The van der Waals surface area contributed by atoms with Crippen LogP contribution in [-0.2, 0) is 6.42 Å². The van der Waals surface area contributed by atoms with Gasteiger partial charge in [-0.15, -0.1) is 0 Å². The first-order valence-corrected chi connectivity index (χ1v) is 6.50. The molecule has 0 heterocycles. The van der Waals surface area contributed by atoms with Gasteiger partial charge in [-0.2, -0.15) is 0 Å². The van der Waals surface area contributed by atoms with Gasteiger partial charge in [0.25, 0.3) is 0 Å². The lowest BCUT2D eigenvalue weighted by Crippen LogP contribution is -1.92. The van der Waals surface area contributed by atoms with Gasteiger partial charge in [-0.1, -0.05) is 56.3 Å². The van der Waals surface area contributed by atoms with Gasteiger partial charge in [-0.25, -0.2) is 0 Å². The van der Waals surface area contributed by atoms with E-state index in [9.17, 15) is 0 Å². The molecule has 0 saturated carbocycles. The second kappa shape index (κ2) is 4.03. The van der Waals surface area contributed by atoms with Gasteiger partial charge < -0.3 is 0 Å². The minimum absolute atomic E-state index is 0.670. The Hall–Kier alpha value is -1.56. The van der Waals surface area contributed by atoms with Crippen LogP contribution in [0.5, 0.6) is 0 Å². The average Bonchev–Trinajstić information content (AvgIpc) is 2.75. The Bertz CT molecular complexity index is 552. The fourth-order valence-electron chi connectivity index (χ4n) is 2.71. The minimum Gasteiger partial charge on any atom is -0.0648 e. The van der Waals surface area contributed by atoms with E-state index in [2.05, 4.69) is 56.3 Å². The van der Waals surface area contributed by atoms with Crippen LogP contribution in [0.3, 0.4) is 0 Å². The van der Waals surface area contributed by atoms with Gasteiger partial charge in [0.2, 0.25) is 0 Å². The summed E-state index contributed by atoms with van der Waals surface area (Å²) in [6.45, 7) is 4.57. The van der Waals surface area contributed by atoms with Crippen LogP contribution in [0.2, 0.25) is 0 Å². The molecule has 0 fully saturated rings. The second-order valence-corrected chi connectivity index (χ2v) is 5.06. The van der Waals surface area contributed by atoms with E-state index >= 15 is 0 Å². The molecule has 2 aromatic carbocycles. The third kappa shape index (κ3) is 1.68. The van der Waals surface area contributed by atoms with Crippen LogP contribution in [0.15, 0.2) is 42.5 Å². The van der Waals surface area contributed by atoms with Crippen LogP contribution in [0.4, 0.5) is 0 Å². The monoisotopic (exact) mass is 222 g/mol. The topological polar surface area (TPSA) is 0 Å². The molecular formula is C17H18. The molecule has 0 nitrogen and oxygen atoms in total. The molecule has 86 valence electrons. The molecule has 1 atom stereocenters. The highest BCUT2D eigenvalue weighted by Crippen LogP contribution is 2.37. The lowest BCUT2D eigenvalue weighted by atomic mass is 9.94. The van der Waals surface area contributed by atoms with E-state index in [1.807, 2.05) is 0 Å². The number of rotatable bonds is 2. The zero-order chi connectivity index (χ0) is 11.8. The fourth-order valence-corrected chi connectivity index (χ4v) is 2.71. The first-order chi connectivity index (χ1) is 8.29. The highest BCUT2D eigenvalue weighted by molar-refractivity contribution is 5.76. The maximum absolute atomic E-state index is 2.41. The van der Waals surface area contributed by atoms with Crippen molar-refractivity contribution in [3.05, 3.63) is 59.2 Å². The molecule has 17 heavy (non-hydrogen) atoms. The van der Waals surface area contributed by atoms with Crippen molar-refractivity contribution < 1.29 is 0 Å². The Morgan fingerprint density at radius 3 is 2.59 bits per heavy atom. The van der Waals surface area contributed by atoms with Crippen LogP contribution in [0, 0.1) is 0 Å². The van der Waals surface area contributed by atoms with E-state index in [0.717, 1.165) is 6.42 Å². The summed E-state index contributed by atoms with van der Waals surface area (Å²) in [5.74, 6) is 0.670. The second-order valence-electron chi connectivity index (χ2n) is 5.06. The number of fused-ring (bicyclic) bond motifs is 3. The van der Waals surface area contributed by atoms with Crippen molar-refractivity contribution in [2.24, 2.45) is 0 Å². The molecule has 0 heteroatoms. The summed E-state index contributed by atoms with van der Waals surface area (Å²) in [7, 11) is 0. The summed E-state index contributed by atoms with van der Waals surface area (Å²) >= 11 is 0. The van der Waals surface area contributed by atoms with Crippen LogP contribution >= 0.6 is 0 Å². The molecule has 0 aromatic heterocycles. The van der Waals surface area contributed by atoms with E-state index in [1.54, 1.807) is 0 Å². The molecule has 0 aliphatic heterocycles. The zero-order valence-corrected chi connectivity index (χ0v) is 10.5. The average molecular weight is 222 g/mol. The molecule has 0 unspecified atom stereocenters. The van der Waals surface area contributed by atoms with Crippen molar-refractivity contribution in [2.75, 3.05) is 0 Å². The van der Waals surface area contributed by atoms with Gasteiger partial charge in [0, 0.05) is 0 Å². The molecular weight excluding hydrogens is 204 g/mol. The van der Waals surface area contributed by atoms with Crippen molar-refractivity contribution >= 4 is 0 Å². The molecule has 0 spiro atoms. The minimum atomic E-state index is 0.670. The normalized spacial score (nSPS) is 14.2. The summed E-state index contributed by atoms with van der Waals surface area (Å²) < 4.78 is 0. The molecule has 0 amide bonds. The van der Waals surface area contributed by atoms with Gasteiger partial charge in [0.15, 0.2) is 0 Å². The maximum Gasteiger partial charge on any atom is -0.00134 e. The Morgan fingerprint density at radius 2 is 1.76 bits per heavy atom. The van der Waals surface area contributed by atoms with Crippen LogP contribution in [0.25, 0.3) is 11.1 Å². The fraction of sp³-hybridized carbons (Fsp3) is 0.294. The summed E-state index contributed by atoms with van der Waals surface area (Å²) in [5, 5.41) is 0. The van der Waals surface area contributed by atoms with E-state index in [0.29, 0.717) is 5.92 Å². The van der Waals surface area contributed by atoms with Crippen molar-refractivity contribution in [1.82, 2.24) is 0 Å². The van der Waals surface area contributed by atoms with E-state index in [-0.39, 0.29) is 0 Å². The SMILES string of the molecule is CC[C@@H](C)c1ccc2c(c1)Cc1ccccc1-2. The molecule has 0 saturated heterocycles. The molecule has 2 aromatic rings. The predicted octanol–water partition coefficient (Wildman–Crippen LogP) is 4.77. The summed E-state index contributed by atoms with van der Waals surface area (Å²) in [4.78, 5) is 0. The van der Waals surface area contributed by atoms with Crippen molar-refractivity contribution in [3.63, 3.8) is 0 Å². The van der Waals surface area contributed by atoms with Gasteiger partial charge >= 0.3 is 0 Å². The van der Waals surface area contributed by atoms with Crippen LogP contribution in [-0.4, -0.2) is 0 Å². The van der Waals surface area contributed by atoms with Gasteiger partial charge in [0.05, 0.1) is 0 Å². The highest BCUT2D eigenvalue weighted by Gasteiger charge is 2.18. The smallest absolute Gasteiger partial charge is 0.00134 e. The van der Waals surface area contributed by atoms with Crippen molar-refractivity contribution in [2.45, 2.75) is 32.6 Å². The van der Waals surface area contributed by atoms with Gasteiger partial charge in [-0.3, -0.25) is 0 Å². The number of benzene rings is 2. The third-order valence-corrected chi connectivity index (χ3v) is 4.00. The van der Waals surface area contributed by atoms with E-state index in [1.165, 1.54) is 34.2 Å². The predicted molar refractivity (Wildman–Crippen MR) is 73.4 cm³/mol. The Labute approximate surface area is 103 Å². The molecule has 1 aliphatic rings. The van der Waals surface area contributed by atoms with E-state index in [4.69, 9.17) is 0 Å². The Morgan fingerprint density at radius 1 is 1.00 bits per heavy atom. The van der Waals surface area contributed by atoms with E-state index < -0.39 is 0 Å². The Kier molecular flexibility index (Phi) is 2.51. The molecule has 1 aliphatic carbocycles. The molecule has 0 radical (unpaired) electrons. The van der Waals surface area contributed by atoms with Gasteiger partial charge in [-0.05, 0) is 46.6 Å². The lowest BCUT2D eigenvalue weighted by molar-refractivity contribution is 0.733. The lowest BCUT2D eigenvalue weighted by Gasteiger charge is -2.10. The first kappa shape index (κ1) is 10.6. The standard InChI is InChI=1S/C17H18/c1-3-12(2)13-8-9-17-15(10-13)11-14-6-4-5-7-16(14)17/h4-10,12H,3,11H2,1-2H3/t12-/m1/s1. The van der Waals surface area contributed by atoms with Crippen LogP contribution in [0.1, 0.15) is 42.9 Å². The first-order valence-electron chi connectivity index (χ1n) is 6.50. The highest BCUT2D eigenvalue weighted by atomic mass is 14.2. The van der Waals surface area contributed by atoms with Crippen molar-refractivity contribution in [3.8, 4) is 11.1 Å². The number of hydrogen-bond acceptors (Lipinski definition) is 0. The largest absolute Gasteiger partial charge is 0.0648 e. The molecule has 0 N–H and O–H groups in total. The molecule has 3 rings (SSSR count). The van der Waals surface area contributed by atoms with Gasteiger partial charge in [0.1, 0.15) is 0 Å². The van der Waals surface area contributed by atoms with Crippen LogP contribution < -0.4 is 0 Å². The quantitative estimate of drug-likeness (QED) is 0.586. The summed E-state index contributed by atoms with van der Waals surface area (Å²) in [6, 6.07) is 15.8. The van der Waals surface area contributed by atoms with Crippen molar-refractivity contribution in [1.29, 1.82) is 0 Å². The number of hydrogen-bond donors (Lipinski definition) is 0.